The van der Waals surface area contributed by atoms with Crippen LogP contribution in [0.5, 0.6) is 0 Å². The Hall–Kier alpha value is -1.92. The van der Waals surface area contributed by atoms with Gasteiger partial charge in [0.05, 0.1) is 30.4 Å². The van der Waals surface area contributed by atoms with Crippen LogP contribution in [0.4, 0.5) is 11.6 Å². The highest BCUT2D eigenvalue weighted by Gasteiger charge is 2.28. The molecule has 0 unspecified atom stereocenters. The molecule has 134 valence electrons. The number of hydrogen-bond acceptors (Lipinski definition) is 6. The van der Waals surface area contributed by atoms with E-state index in [1.165, 1.54) is 0 Å². The summed E-state index contributed by atoms with van der Waals surface area (Å²) in [5.74, 6) is 2.19. The first-order valence-electron chi connectivity index (χ1n) is 9.25. The minimum atomic E-state index is -0.289. The molecule has 3 heterocycles. The molecule has 2 fully saturated rings. The van der Waals surface area contributed by atoms with Crippen molar-refractivity contribution >= 4 is 22.7 Å². The summed E-state index contributed by atoms with van der Waals surface area (Å²) in [7, 11) is 0. The molecule has 2 aliphatic heterocycles. The highest BCUT2D eigenvalue weighted by atomic mass is 16.5. The number of morpholine rings is 1. The SMILES string of the molecule is C[C@@H](O)[C@H]1CCCN(c2nc3ccccc3nc2N2CCOCC2)C1. The lowest BCUT2D eigenvalue weighted by molar-refractivity contribution is 0.114. The van der Waals surface area contributed by atoms with Gasteiger partial charge in [0, 0.05) is 32.1 Å². The first-order valence-corrected chi connectivity index (χ1v) is 9.25. The van der Waals surface area contributed by atoms with Crippen molar-refractivity contribution in [3.63, 3.8) is 0 Å². The number of fused-ring (bicyclic) bond motifs is 1. The molecular weight excluding hydrogens is 316 g/mol. The molecule has 4 rings (SSSR count). The summed E-state index contributed by atoms with van der Waals surface area (Å²) in [4.78, 5) is 14.5. The van der Waals surface area contributed by atoms with Gasteiger partial charge in [0.15, 0.2) is 11.6 Å². The molecule has 2 aromatic rings. The number of hydrogen-bond donors (Lipinski definition) is 1. The molecule has 2 saturated heterocycles. The lowest BCUT2D eigenvalue weighted by Gasteiger charge is -2.37. The molecule has 6 heteroatoms. The highest BCUT2D eigenvalue weighted by Crippen LogP contribution is 2.32. The van der Waals surface area contributed by atoms with Gasteiger partial charge in [-0.25, -0.2) is 9.97 Å². The standard InChI is InChI=1S/C19H26N4O2/c1-14(24)15-5-4-8-23(13-15)19-18(22-9-11-25-12-10-22)20-16-6-2-3-7-17(16)21-19/h2-3,6-7,14-15,24H,4-5,8-13H2,1H3/t14-,15+/m1/s1. The van der Waals surface area contributed by atoms with Crippen LogP contribution in [0, 0.1) is 5.92 Å². The molecule has 0 saturated carbocycles. The summed E-state index contributed by atoms with van der Waals surface area (Å²) in [6.45, 7) is 6.83. The Morgan fingerprint density at radius 1 is 1.04 bits per heavy atom. The van der Waals surface area contributed by atoms with Crippen molar-refractivity contribution in [3.05, 3.63) is 24.3 Å². The third-order valence-corrected chi connectivity index (χ3v) is 5.28. The lowest BCUT2D eigenvalue weighted by atomic mass is 9.93. The molecular formula is C19H26N4O2. The van der Waals surface area contributed by atoms with Crippen LogP contribution >= 0.6 is 0 Å². The Kier molecular flexibility index (Phi) is 4.72. The zero-order chi connectivity index (χ0) is 17.2. The van der Waals surface area contributed by atoms with E-state index in [0.29, 0.717) is 5.92 Å². The van der Waals surface area contributed by atoms with E-state index >= 15 is 0 Å². The molecule has 1 N–H and O–H groups in total. The molecule has 25 heavy (non-hydrogen) atoms. The predicted octanol–water partition coefficient (Wildman–Crippen LogP) is 2.06. The Bertz CT molecular complexity index is 730. The van der Waals surface area contributed by atoms with Crippen molar-refractivity contribution in [2.75, 3.05) is 49.2 Å². The quantitative estimate of drug-likeness (QED) is 0.921. The lowest BCUT2D eigenvalue weighted by Crippen LogP contribution is -2.42. The third kappa shape index (κ3) is 3.41. The maximum atomic E-state index is 10.0. The maximum Gasteiger partial charge on any atom is 0.172 e. The first kappa shape index (κ1) is 16.5. The summed E-state index contributed by atoms with van der Waals surface area (Å²) >= 11 is 0. The highest BCUT2D eigenvalue weighted by molar-refractivity contribution is 5.81. The smallest absolute Gasteiger partial charge is 0.172 e. The number of aliphatic hydroxyl groups excluding tert-OH is 1. The minimum Gasteiger partial charge on any atom is -0.393 e. The van der Waals surface area contributed by atoms with E-state index in [-0.39, 0.29) is 6.10 Å². The van der Waals surface area contributed by atoms with Gasteiger partial charge in [0.25, 0.3) is 0 Å². The predicted molar refractivity (Wildman–Crippen MR) is 99.2 cm³/mol. The molecule has 0 radical (unpaired) electrons. The van der Waals surface area contributed by atoms with Gasteiger partial charge in [0.2, 0.25) is 0 Å². The van der Waals surface area contributed by atoms with E-state index in [1.807, 2.05) is 31.2 Å². The molecule has 0 amide bonds. The fourth-order valence-corrected chi connectivity index (χ4v) is 3.78. The summed E-state index contributed by atoms with van der Waals surface area (Å²) in [6.07, 6.45) is 1.86. The van der Waals surface area contributed by atoms with E-state index in [4.69, 9.17) is 14.7 Å². The van der Waals surface area contributed by atoms with Crippen molar-refractivity contribution in [3.8, 4) is 0 Å². The fraction of sp³-hybridized carbons (Fsp3) is 0.579. The average molecular weight is 342 g/mol. The Balaban J connectivity index is 1.74. The monoisotopic (exact) mass is 342 g/mol. The molecule has 2 aliphatic rings. The van der Waals surface area contributed by atoms with E-state index in [1.54, 1.807) is 0 Å². The van der Waals surface area contributed by atoms with E-state index in [2.05, 4.69) is 9.80 Å². The largest absolute Gasteiger partial charge is 0.393 e. The van der Waals surface area contributed by atoms with Gasteiger partial charge in [-0.05, 0) is 31.9 Å². The van der Waals surface area contributed by atoms with Crippen molar-refractivity contribution in [1.29, 1.82) is 0 Å². The molecule has 0 bridgehead atoms. The number of benzene rings is 1. The van der Waals surface area contributed by atoms with Crippen LogP contribution in [0.1, 0.15) is 19.8 Å². The van der Waals surface area contributed by atoms with Crippen LogP contribution in [0.15, 0.2) is 24.3 Å². The number of para-hydroxylation sites is 2. The number of piperidine rings is 1. The van der Waals surface area contributed by atoms with Gasteiger partial charge in [-0.1, -0.05) is 12.1 Å². The van der Waals surface area contributed by atoms with E-state index in [0.717, 1.165) is 74.9 Å². The number of nitrogens with zero attached hydrogens (tertiary/aromatic N) is 4. The molecule has 6 nitrogen and oxygen atoms in total. The normalized spacial score (nSPS) is 23.0. The molecule has 2 atom stereocenters. The average Bonchev–Trinajstić information content (AvgIpc) is 2.67. The molecule has 0 aliphatic carbocycles. The van der Waals surface area contributed by atoms with Crippen molar-refractivity contribution in [2.45, 2.75) is 25.9 Å². The summed E-state index contributed by atoms with van der Waals surface area (Å²) < 4.78 is 5.51. The van der Waals surface area contributed by atoms with E-state index in [9.17, 15) is 5.11 Å². The summed E-state index contributed by atoms with van der Waals surface area (Å²) in [5, 5.41) is 10.0. The van der Waals surface area contributed by atoms with Gasteiger partial charge in [0.1, 0.15) is 0 Å². The van der Waals surface area contributed by atoms with Gasteiger partial charge >= 0.3 is 0 Å². The summed E-state index contributed by atoms with van der Waals surface area (Å²) in [6, 6.07) is 8.05. The number of aromatic nitrogens is 2. The van der Waals surface area contributed by atoms with Crippen molar-refractivity contribution in [1.82, 2.24) is 9.97 Å². The number of ether oxygens (including phenoxy) is 1. The van der Waals surface area contributed by atoms with Crippen LogP contribution in [0.2, 0.25) is 0 Å². The number of aliphatic hydroxyl groups is 1. The Morgan fingerprint density at radius 3 is 2.32 bits per heavy atom. The van der Waals surface area contributed by atoms with Crippen molar-refractivity contribution in [2.24, 2.45) is 5.92 Å². The fourth-order valence-electron chi connectivity index (χ4n) is 3.78. The Morgan fingerprint density at radius 2 is 1.68 bits per heavy atom. The third-order valence-electron chi connectivity index (χ3n) is 5.28. The van der Waals surface area contributed by atoms with Gasteiger partial charge < -0.3 is 19.6 Å². The topological polar surface area (TPSA) is 61.7 Å². The van der Waals surface area contributed by atoms with Gasteiger partial charge in [-0.15, -0.1) is 0 Å². The second kappa shape index (κ2) is 7.14. The van der Waals surface area contributed by atoms with Crippen LogP contribution in [-0.2, 0) is 4.74 Å². The second-order valence-corrected chi connectivity index (χ2v) is 7.05. The van der Waals surface area contributed by atoms with Crippen LogP contribution < -0.4 is 9.80 Å². The zero-order valence-electron chi connectivity index (χ0n) is 14.8. The summed E-state index contributed by atoms with van der Waals surface area (Å²) in [5.41, 5.74) is 1.85. The second-order valence-electron chi connectivity index (χ2n) is 7.05. The number of anilines is 2. The van der Waals surface area contributed by atoms with Crippen LogP contribution in [0.25, 0.3) is 11.0 Å². The van der Waals surface area contributed by atoms with E-state index < -0.39 is 0 Å². The van der Waals surface area contributed by atoms with Crippen molar-refractivity contribution < 1.29 is 9.84 Å². The molecule has 1 aromatic carbocycles. The van der Waals surface area contributed by atoms with Crippen LogP contribution in [-0.4, -0.2) is 60.6 Å². The number of rotatable bonds is 3. The van der Waals surface area contributed by atoms with Gasteiger partial charge in [-0.3, -0.25) is 0 Å². The first-order chi connectivity index (χ1) is 12.2. The van der Waals surface area contributed by atoms with Gasteiger partial charge in [-0.2, -0.15) is 0 Å². The Labute approximate surface area is 148 Å². The molecule has 0 spiro atoms. The maximum absolute atomic E-state index is 10.0. The minimum absolute atomic E-state index is 0.289. The molecule has 1 aromatic heterocycles. The zero-order valence-corrected chi connectivity index (χ0v) is 14.8. The van der Waals surface area contributed by atoms with Crippen LogP contribution in [0.3, 0.4) is 0 Å².